The Bertz CT molecular complexity index is 1850. The van der Waals surface area contributed by atoms with E-state index in [0.29, 0.717) is 50.7 Å². The summed E-state index contributed by atoms with van der Waals surface area (Å²) in [6, 6.07) is 9.04. The molecule has 0 spiro atoms. The fourth-order valence-electron chi connectivity index (χ4n) is 11.2. The zero-order chi connectivity index (χ0) is 54.6. The number of hydrogen-bond acceptors (Lipinski definition) is 17. The molecule has 1 aromatic carbocycles. The quantitative estimate of drug-likeness (QED) is 0.0903. The van der Waals surface area contributed by atoms with Crippen LogP contribution in [0.4, 0.5) is 0 Å². The Morgan fingerprint density at radius 2 is 1.62 bits per heavy atom. The molecule has 3 heterocycles. The first-order chi connectivity index (χ1) is 34.2. The minimum atomic E-state index is -1.94. The van der Waals surface area contributed by atoms with Gasteiger partial charge in [-0.05, 0) is 125 Å². The van der Waals surface area contributed by atoms with Gasteiger partial charge in [0.15, 0.2) is 17.7 Å². The fraction of sp³-hybridized carbons (Fsp3) is 0.833. The average molecular weight is 1060 g/mol. The van der Waals surface area contributed by atoms with E-state index < -0.39 is 96.0 Å². The highest BCUT2D eigenvalue weighted by molar-refractivity contribution is 7.80. The van der Waals surface area contributed by atoms with Crippen LogP contribution in [0.2, 0.25) is 0 Å². The fourth-order valence-corrected chi connectivity index (χ4v) is 11.5. The number of carbonyl (C=O) groups is 2. The molecule has 0 radical (unpaired) electrons. The van der Waals surface area contributed by atoms with Crippen LogP contribution in [0.1, 0.15) is 120 Å². The van der Waals surface area contributed by atoms with Gasteiger partial charge in [0.2, 0.25) is 0 Å². The first-order valence-electron chi connectivity index (χ1n) is 26.7. The Balaban J connectivity index is 1.75. The highest BCUT2D eigenvalue weighted by Gasteiger charge is 2.53. The SMILES string of the molecule is CCOC(=O)CCN(CCCN1C[C@H](C)C[C@@](C)(O)[C@H](O[C@@H]2O[C@H](C)C[C@H](N(C)C)[C@H]2O)[C@@H](C)[C@H](O[C@H]2C[C@@](C)(OC)[C@@H](O)[C@H](C)O2)[C@@H](C)C(=O)O[C@H](CC)[C@@](C)(O)[C@H](O)[C@H]1C)C(=S)NCCc1ccccc1. The lowest BCUT2D eigenvalue weighted by molar-refractivity contribution is -0.318. The summed E-state index contributed by atoms with van der Waals surface area (Å²) < 4.78 is 43.6. The largest absolute Gasteiger partial charge is 0.466 e. The van der Waals surface area contributed by atoms with E-state index in [9.17, 15) is 35.1 Å². The number of rotatable bonds is 18. The minimum absolute atomic E-state index is 0.0946. The standard InChI is InChI=1S/C54H94N4O14S/c1-15-41-54(11,65)46(61)37(7)58(27-20-26-57(28-24-42(59)67-16-2)51(73)55-25-23-39-21-18-17-19-22-39)32-33(3)30-52(9,64)48(72-50-44(60)40(56(12)13)29-34(4)68-50)35(5)45(36(6)49(63)70-41)71-43-31-53(10,66-14)47(62)38(8)69-43/h17-19,21-22,33-38,40-41,43-48,50,60-62,64-65H,15-16,20,23-32H2,1-14H3,(H,55,73)/t33-,34-,35+,36-,37-,38+,40+,41-,43+,44-,45+,46-,47+,48-,50+,52-,53-,54-/m1/s1. The Morgan fingerprint density at radius 3 is 2.23 bits per heavy atom. The smallest absolute Gasteiger partial charge is 0.311 e. The van der Waals surface area contributed by atoms with Crippen LogP contribution in [0.25, 0.3) is 0 Å². The van der Waals surface area contributed by atoms with E-state index in [1.807, 2.05) is 69.8 Å². The third kappa shape index (κ3) is 16.9. The first-order valence-corrected chi connectivity index (χ1v) is 27.1. The summed E-state index contributed by atoms with van der Waals surface area (Å²) in [5.41, 5.74) is -3.52. The van der Waals surface area contributed by atoms with Crippen molar-refractivity contribution in [2.45, 2.75) is 211 Å². The highest BCUT2D eigenvalue weighted by atomic mass is 32.1. The number of methoxy groups -OCH3 is 1. The van der Waals surface area contributed by atoms with Crippen molar-refractivity contribution in [3.63, 3.8) is 0 Å². The van der Waals surface area contributed by atoms with Crippen molar-refractivity contribution in [2.24, 2.45) is 17.8 Å². The van der Waals surface area contributed by atoms with Gasteiger partial charge in [-0.15, -0.1) is 0 Å². The summed E-state index contributed by atoms with van der Waals surface area (Å²) in [5.74, 6) is -3.25. The predicted molar refractivity (Wildman–Crippen MR) is 281 cm³/mol. The Morgan fingerprint density at radius 1 is 0.945 bits per heavy atom. The molecule has 19 heteroatoms. The predicted octanol–water partition coefficient (Wildman–Crippen LogP) is 4.03. The number of ether oxygens (including phenoxy) is 7. The zero-order valence-electron chi connectivity index (χ0n) is 46.4. The van der Waals surface area contributed by atoms with Gasteiger partial charge in [0.25, 0.3) is 0 Å². The molecule has 1 aromatic rings. The lowest BCUT2D eigenvalue weighted by Gasteiger charge is -2.48. The molecule has 18 atom stereocenters. The maximum atomic E-state index is 14.7. The van der Waals surface area contributed by atoms with Crippen molar-refractivity contribution in [1.82, 2.24) is 20.0 Å². The maximum Gasteiger partial charge on any atom is 0.311 e. The van der Waals surface area contributed by atoms with Crippen molar-refractivity contribution in [3.8, 4) is 0 Å². The van der Waals surface area contributed by atoms with Gasteiger partial charge in [-0.1, -0.05) is 51.1 Å². The lowest BCUT2D eigenvalue weighted by atomic mass is 9.77. The number of aliphatic hydroxyl groups is 5. The van der Waals surface area contributed by atoms with Gasteiger partial charge < -0.3 is 73.8 Å². The molecule has 3 aliphatic heterocycles. The molecule has 0 aromatic heterocycles. The van der Waals surface area contributed by atoms with E-state index in [1.54, 1.807) is 41.5 Å². The van der Waals surface area contributed by atoms with Crippen LogP contribution in [0.3, 0.4) is 0 Å². The second kappa shape index (κ2) is 28.1. The second-order valence-corrected chi connectivity index (χ2v) is 22.5. The van der Waals surface area contributed by atoms with Crippen molar-refractivity contribution in [1.29, 1.82) is 0 Å². The summed E-state index contributed by atoms with van der Waals surface area (Å²) in [6.45, 7) is 21.7. The average Bonchev–Trinajstić information content (AvgIpc) is 3.33. The van der Waals surface area contributed by atoms with Crippen LogP contribution in [0, 0.1) is 17.8 Å². The number of nitrogens with zero attached hydrogens (tertiary/aromatic N) is 3. The molecule has 3 aliphatic rings. The molecule has 18 nitrogen and oxygen atoms in total. The van der Waals surface area contributed by atoms with Crippen LogP contribution >= 0.6 is 12.2 Å². The van der Waals surface area contributed by atoms with Crippen LogP contribution in [0.5, 0.6) is 0 Å². The molecule has 0 unspecified atom stereocenters. The van der Waals surface area contributed by atoms with E-state index in [2.05, 4.69) is 22.3 Å². The molecule has 3 saturated heterocycles. The zero-order valence-corrected chi connectivity index (χ0v) is 47.2. The number of esters is 2. The third-order valence-corrected chi connectivity index (χ3v) is 16.0. The minimum Gasteiger partial charge on any atom is -0.466 e. The molecule has 0 amide bonds. The summed E-state index contributed by atoms with van der Waals surface area (Å²) in [6.07, 6.45) is -7.75. The molecule has 3 fully saturated rings. The maximum absolute atomic E-state index is 14.7. The molecule has 6 N–H and O–H groups in total. The van der Waals surface area contributed by atoms with Crippen molar-refractivity contribution < 1.29 is 68.3 Å². The Hall–Kier alpha value is -2.63. The first kappa shape index (κ1) is 62.9. The topological polar surface area (TPSA) is 222 Å². The van der Waals surface area contributed by atoms with E-state index in [1.165, 1.54) is 14.0 Å². The Kier molecular flexibility index (Phi) is 24.2. The summed E-state index contributed by atoms with van der Waals surface area (Å²) in [4.78, 5) is 33.2. The van der Waals surface area contributed by atoms with Crippen LogP contribution in [-0.2, 0) is 49.2 Å². The molecule has 420 valence electrons. The van der Waals surface area contributed by atoms with Crippen molar-refractivity contribution in [2.75, 3.05) is 60.5 Å². The molecular formula is C54H94N4O14S. The number of hydrogen-bond donors (Lipinski definition) is 6. The highest BCUT2D eigenvalue weighted by Crippen LogP contribution is 2.40. The second-order valence-electron chi connectivity index (χ2n) is 22.1. The van der Waals surface area contributed by atoms with Gasteiger partial charge in [0, 0.05) is 64.3 Å². The Labute approximate surface area is 441 Å². The van der Waals surface area contributed by atoms with Gasteiger partial charge in [0.05, 0.1) is 54.6 Å². The summed E-state index contributed by atoms with van der Waals surface area (Å²) >= 11 is 5.90. The van der Waals surface area contributed by atoms with Crippen molar-refractivity contribution >= 4 is 29.3 Å². The molecular weight excluding hydrogens is 961 g/mol. The monoisotopic (exact) mass is 1050 g/mol. The normalized spacial score (nSPS) is 38.5. The molecule has 73 heavy (non-hydrogen) atoms. The number of carbonyl (C=O) groups excluding carboxylic acids is 2. The molecule has 0 aliphatic carbocycles. The van der Waals surface area contributed by atoms with Gasteiger partial charge in [0.1, 0.15) is 30.0 Å². The van der Waals surface area contributed by atoms with Gasteiger partial charge in [-0.25, -0.2) is 0 Å². The van der Waals surface area contributed by atoms with Crippen LogP contribution < -0.4 is 5.32 Å². The number of aliphatic hydroxyl groups excluding tert-OH is 3. The van der Waals surface area contributed by atoms with Gasteiger partial charge in [-0.3, -0.25) is 14.5 Å². The van der Waals surface area contributed by atoms with Gasteiger partial charge >= 0.3 is 11.9 Å². The van der Waals surface area contributed by atoms with Gasteiger partial charge in [-0.2, -0.15) is 0 Å². The number of likely N-dealkylation sites (N-methyl/N-ethyl adjacent to an activating group) is 1. The van der Waals surface area contributed by atoms with E-state index in [-0.39, 0.29) is 56.3 Å². The summed E-state index contributed by atoms with van der Waals surface area (Å²) in [5, 5.41) is 64.4. The summed E-state index contributed by atoms with van der Waals surface area (Å²) in [7, 11) is 5.26. The van der Waals surface area contributed by atoms with E-state index in [4.69, 9.17) is 45.4 Å². The molecule has 0 saturated carbocycles. The van der Waals surface area contributed by atoms with Crippen LogP contribution in [-0.4, -0.2) is 208 Å². The number of thiocarbonyl (C=S) groups is 1. The molecule has 0 bridgehead atoms. The van der Waals surface area contributed by atoms with Crippen molar-refractivity contribution in [3.05, 3.63) is 35.9 Å². The lowest BCUT2D eigenvalue weighted by Crippen LogP contribution is -2.60. The number of nitrogens with one attached hydrogen (secondary N) is 1. The molecule has 4 rings (SSSR count). The van der Waals surface area contributed by atoms with E-state index in [0.717, 1.165) is 12.0 Å². The third-order valence-electron chi connectivity index (χ3n) is 15.6. The number of cyclic esters (lactones) is 1. The van der Waals surface area contributed by atoms with E-state index >= 15 is 0 Å². The number of benzene rings is 1. The van der Waals surface area contributed by atoms with Crippen LogP contribution in [0.15, 0.2) is 30.3 Å².